The van der Waals surface area contributed by atoms with Crippen LogP contribution in [0.1, 0.15) is 58.6 Å². The van der Waals surface area contributed by atoms with Crippen LogP contribution < -0.4 is 0 Å². The van der Waals surface area contributed by atoms with Crippen molar-refractivity contribution in [3.8, 4) is 0 Å². The second-order valence-corrected chi connectivity index (χ2v) is 6.13. The first-order chi connectivity index (χ1) is 7.98. The van der Waals surface area contributed by atoms with E-state index in [4.69, 9.17) is 4.42 Å². The summed E-state index contributed by atoms with van der Waals surface area (Å²) < 4.78 is 5.37. The second-order valence-electron chi connectivity index (χ2n) is 6.13. The number of rotatable bonds is 3. The Morgan fingerprint density at radius 1 is 1.41 bits per heavy atom. The lowest BCUT2D eigenvalue weighted by molar-refractivity contribution is -0.0479. The van der Waals surface area contributed by atoms with E-state index in [1.165, 1.54) is 6.42 Å². The van der Waals surface area contributed by atoms with Gasteiger partial charge in [0.25, 0.3) is 0 Å². The molecular formula is C15H24O2. The maximum Gasteiger partial charge on any atom is 0.135 e. The summed E-state index contributed by atoms with van der Waals surface area (Å²) >= 11 is 0. The Labute approximate surface area is 104 Å². The van der Waals surface area contributed by atoms with E-state index in [-0.39, 0.29) is 0 Å². The highest BCUT2D eigenvalue weighted by atomic mass is 16.4. The Morgan fingerprint density at radius 3 is 2.53 bits per heavy atom. The van der Waals surface area contributed by atoms with Crippen LogP contribution in [0.15, 0.2) is 22.8 Å². The molecule has 1 aromatic rings. The van der Waals surface area contributed by atoms with E-state index in [1.54, 1.807) is 6.26 Å². The molecule has 0 unspecified atom stereocenters. The Kier molecular flexibility index (Phi) is 3.35. The van der Waals surface area contributed by atoms with Crippen LogP contribution in [0, 0.1) is 11.3 Å². The first kappa shape index (κ1) is 12.7. The minimum Gasteiger partial charge on any atom is -0.466 e. The van der Waals surface area contributed by atoms with Crippen LogP contribution in [0.2, 0.25) is 0 Å². The van der Waals surface area contributed by atoms with Crippen molar-refractivity contribution in [1.82, 2.24) is 0 Å². The van der Waals surface area contributed by atoms with Gasteiger partial charge in [-0.1, -0.05) is 27.2 Å². The molecule has 17 heavy (non-hydrogen) atoms. The number of hydrogen-bond acceptors (Lipinski definition) is 2. The van der Waals surface area contributed by atoms with Gasteiger partial charge in [0.2, 0.25) is 0 Å². The maximum absolute atomic E-state index is 10.6. The smallest absolute Gasteiger partial charge is 0.135 e. The summed E-state index contributed by atoms with van der Waals surface area (Å²) in [5, 5.41) is 10.6. The van der Waals surface area contributed by atoms with E-state index >= 15 is 0 Å². The van der Waals surface area contributed by atoms with Crippen molar-refractivity contribution in [2.45, 2.75) is 58.5 Å². The van der Waals surface area contributed by atoms with Crippen LogP contribution in [0.5, 0.6) is 0 Å². The van der Waals surface area contributed by atoms with Crippen LogP contribution in [-0.2, 0) is 5.60 Å². The molecule has 0 radical (unpaired) electrons. The summed E-state index contributed by atoms with van der Waals surface area (Å²) in [4.78, 5) is 0. The lowest BCUT2D eigenvalue weighted by Gasteiger charge is -2.41. The molecule has 1 fully saturated rings. The van der Waals surface area contributed by atoms with Gasteiger partial charge in [-0.15, -0.1) is 0 Å². The summed E-state index contributed by atoms with van der Waals surface area (Å²) in [7, 11) is 0. The number of aliphatic hydroxyl groups is 1. The third kappa shape index (κ3) is 2.42. The highest BCUT2D eigenvalue weighted by Gasteiger charge is 2.40. The third-order valence-corrected chi connectivity index (χ3v) is 4.81. The topological polar surface area (TPSA) is 33.4 Å². The molecule has 2 nitrogen and oxygen atoms in total. The van der Waals surface area contributed by atoms with E-state index in [0.29, 0.717) is 5.41 Å². The van der Waals surface area contributed by atoms with Gasteiger partial charge in [-0.3, -0.25) is 0 Å². The number of hydrogen-bond donors (Lipinski definition) is 1. The fourth-order valence-corrected chi connectivity index (χ4v) is 2.96. The van der Waals surface area contributed by atoms with Gasteiger partial charge in [0.15, 0.2) is 0 Å². The molecule has 1 N–H and O–H groups in total. The SMILES string of the molecule is CCC(C)(C)C1CCC(O)(c2ccco2)CC1. The predicted molar refractivity (Wildman–Crippen MR) is 68.6 cm³/mol. The average molecular weight is 236 g/mol. The van der Waals surface area contributed by atoms with Crippen LogP contribution in [0.3, 0.4) is 0 Å². The molecule has 96 valence electrons. The largest absolute Gasteiger partial charge is 0.466 e. The van der Waals surface area contributed by atoms with Crippen molar-refractivity contribution < 1.29 is 9.52 Å². The van der Waals surface area contributed by atoms with Gasteiger partial charge in [-0.25, -0.2) is 0 Å². The van der Waals surface area contributed by atoms with Crippen molar-refractivity contribution in [2.24, 2.45) is 11.3 Å². The molecule has 1 heterocycles. The van der Waals surface area contributed by atoms with Gasteiger partial charge in [-0.2, -0.15) is 0 Å². The van der Waals surface area contributed by atoms with Crippen molar-refractivity contribution >= 4 is 0 Å². The molecule has 2 heteroatoms. The lowest BCUT2D eigenvalue weighted by Crippen LogP contribution is -2.36. The first-order valence-electron chi connectivity index (χ1n) is 6.74. The Hall–Kier alpha value is -0.760. The highest BCUT2D eigenvalue weighted by molar-refractivity contribution is 5.10. The molecule has 0 amide bonds. The molecule has 1 aliphatic carbocycles. The van der Waals surface area contributed by atoms with Gasteiger partial charge in [0, 0.05) is 0 Å². The minimum atomic E-state index is -0.718. The fraction of sp³-hybridized carbons (Fsp3) is 0.733. The third-order valence-electron chi connectivity index (χ3n) is 4.81. The quantitative estimate of drug-likeness (QED) is 0.857. The van der Waals surface area contributed by atoms with Gasteiger partial charge < -0.3 is 9.52 Å². The maximum atomic E-state index is 10.6. The lowest BCUT2D eigenvalue weighted by atomic mass is 9.66. The summed E-state index contributed by atoms with van der Waals surface area (Å²) in [6, 6.07) is 3.75. The molecule has 1 aliphatic rings. The average Bonchev–Trinajstić information content (AvgIpc) is 2.84. The molecule has 1 aromatic heterocycles. The highest BCUT2D eigenvalue weighted by Crippen LogP contribution is 2.46. The Morgan fingerprint density at radius 2 is 2.06 bits per heavy atom. The normalized spacial score (nSPS) is 30.5. The molecule has 0 aliphatic heterocycles. The van der Waals surface area contributed by atoms with Crippen molar-refractivity contribution in [3.05, 3.63) is 24.2 Å². The van der Waals surface area contributed by atoms with Crippen LogP contribution in [0.25, 0.3) is 0 Å². The molecular weight excluding hydrogens is 212 g/mol. The molecule has 1 saturated carbocycles. The zero-order valence-corrected chi connectivity index (χ0v) is 11.2. The van der Waals surface area contributed by atoms with Crippen molar-refractivity contribution in [1.29, 1.82) is 0 Å². The molecule has 0 spiro atoms. The van der Waals surface area contributed by atoms with Crippen molar-refractivity contribution in [2.75, 3.05) is 0 Å². The number of furan rings is 1. The van der Waals surface area contributed by atoms with Crippen molar-refractivity contribution in [3.63, 3.8) is 0 Å². The molecule has 0 atom stereocenters. The molecule has 0 saturated heterocycles. The zero-order chi connectivity index (χ0) is 12.5. The summed E-state index contributed by atoms with van der Waals surface area (Å²) in [5.74, 6) is 1.47. The standard InChI is InChI=1S/C15H24O2/c1-4-14(2,3)12-7-9-15(16,10-8-12)13-6-5-11-17-13/h5-6,11-12,16H,4,7-10H2,1-3H3. The van der Waals surface area contributed by atoms with Crippen LogP contribution in [-0.4, -0.2) is 5.11 Å². The first-order valence-corrected chi connectivity index (χ1v) is 6.74. The van der Waals surface area contributed by atoms with E-state index in [0.717, 1.165) is 37.4 Å². The van der Waals surface area contributed by atoms with E-state index in [2.05, 4.69) is 20.8 Å². The minimum absolute atomic E-state index is 0.393. The Bertz CT molecular complexity index is 343. The monoisotopic (exact) mass is 236 g/mol. The van der Waals surface area contributed by atoms with E-state index in [1.807, 2.05) is 12.1 Å². The fourth-order valence-electron chi connectivity index (χ4n) is 2.96. The van der Waals surface area contributed by atoms with E-state index < -0.39 is 5.60 Å². The Balaban J connectivity index is 2.03. The van der Waals surface area contributed by atoms with E-state index in [9.17, 15) is 5.11 Å². The van der Waals surface area contributed by atoms with Crippen LogP contribution in [0.4, 0.5) is 0 Å². The zero-order valence-electron chi connectivity index (χ0n) is 11.2. The van der Waals surface area contributed by atoms with Crippen LogP contribution >= 0.6 is 0 Å². The van der Waals surface area contributed by atoms with Gasteiger partial charge in [-0.05, 0) is 49.1 Å². The van der Waals surface area contributed by atoms with Gasteiger partial charge in [0.05, 0.1) is 6.26 Å². The predicted octanol–water partition coefficient (Wildman–Crippen LogP) is 4.09. The van der Waals surface area contributed by atoms with Gasteiger partial charge in [0.1, 0.15) is 11.4 Å². The second kappa shape index (κ2) is 4.49. The van der Waals surface area contributed by atoms with Gasteiger partial charge >= 0.3 is 0 Å². The molecule has 0 aromatic carbocycles. The summed E-state index contributed by atoms with van der Waals surface area (Å²) in [6.45, 7) is 6.94. The summed E-state index contributed by atoms with van der Waals surface area (Å²) in [6.07, 6.45) is 6.70. The molecule has 0 bridgehead atoms. The molecule has 2 rings (SSSR count). The summed E-state index contributed by atoms with van der Waals surface area (Å²) in [5.41, 5.74) is -0.325.